The highest BCUT2D eigenvalue weighted by Gasteiger charge is 2.23. The van der Waals surface area contributed by atoms with Crippen LogP contribution in [-0.2, 0) is 0 Å². The molecule has 0 unspecified atom stereocenters. The van der Waals surface area contributed by atoms with Crippen molar-refractivity contribution in [1.82, 2.24) is 25.3 Å². The summed E-state index contributed by atoms with van der Waals surface area (Å²) in [5.41, 5.74) is 1.89. The monoisotopic (exact) mass is 288 g/mol. The van der Waals surface area contributed by atoms with Crippen LogP contribution in [0, 0.1) is 5.92 Å². The number of nitrogens with one attached hydrogen (secondary N) is 2. The van der Waals surface area contributed by atoms with Crippen molar-refractivity contribution in [2.24, 2.45) is 5.92 Å². The lowest BCUT2D eigenvalue weighted by atomic mass is 9.95. The van der Waals surface area contributed by atoms with Crippen molar-refractivity contribution in [3.63, 3.8) is 0 Å². The molecule has 0 spiro atoms. The second-order valence-electron chi connectivity index (χ2n) is 6.86. The minimum Gasteiger partial charge on any atom is -0.355 e. The van der Waals surface area contributed by atoms with Gasteiger partial charge in [-0.2, -0.15) is 0 Å². The average Bonchev–Trinajstić information content (AvgIpc) is 2.93. The van der Waals surface area contributed by atoms with Gasteiger partial charge >= 0.3 is 0 Å². The number of hydrogen-bond acceptors (Lipinski definition) is 5. The molecule has 0 bridgehead atoms. The molecule has 21 heavy (non-hydrogen) atoms. The fourth-order valence-electron chi connectivity index (χ4n) is 2.79. The van der Waals surface area contributed by atoms with Crippen LogP contribution < -0.4 is 10.2 Å². The number of piperidine rings is 1. The van der Waals surface area contributed by atoms with E-state index in [-0.39, 0.29) is 5.54 Å². The third-order valence-corrected chi connectivity index (χ3v) is 4.04. The van der Waals surface area contributed by atoms with Gasteiger partial charge in [-0.15, -0.1) is 0 Å². The van der Waals surface area contributed by atoms with Crippen LogP contribution in [0.2, 0.25) is 0 Å². The number of aromatic amines is 1. The number of hydrogen-bond donors (Lipinski definition) is 2. The van der Waals surface area contributed by atoms with Gasteiger partial charge in [-0.1, -0.05) is 0 Å². The molecule has 6 heteroatoms. The Labute approximate surface area is 125 Å². The van der Waals surface area contributed by atoms with Crippen molar-refractivity contribution in [1.29, 1.82) is 0 Å². The zero-order valence-electron chi connectivity index (χ0n) is 13.1. The largest absolute Gasteiger partial charge is 0.355 e. The lowest BCUT2D eigenvalue weighted by Crippen LogP contribution is -2.43. The topological polar surface area (TPSA) is 69.7 Å². The number of rotatable bonds is 3. The molecule has 0 aromatic carbocycles. The van der Waals surface area contributed by atoms with Gasteiger partial charge in [0.15, 0.2) is 11.5 Å². The molecule has 1 aliphatic rings. The Kier molecular flexibility index (Phi) is 3.80. The van der Waals surface area contributed by atoms with Crippen LogP contribution in [0.3, 0.4) is 0 Å². The molecular weight excluding hydrogens is 264 g/mol. The summed E-state index contributed by atoms with van der Waals surface area (Å²) in [4.78, 5) is 18.3. The Bertz CT molecular complexity index is 591. The minimum absolute atomic E-state index is 0.200. The molecule has 1 saturated heterocycles. The molecule has 2 N–H and O–H groups in total. The normalized spacial score (nSPS) is 17.6. The molecule has 6 nitrogen and oxygen atoms in total. The molecule has 114 valence electrons. The van der Waals surface area contributed by atoms with Crippen LogP contribution in [0.4, 0.5) is 5.82 Å². The highest BCUT2D eigenvalue weighted by Crippen LogP contribution is 2.25. The van der Waals surface area contributed by atoms with Gasteiger partial charge in [0.2, 0.25) is 0 Å². The molecule has 3 rings (SSSR count). The van der Waals surface area contributed by atoms with E-state index in [9.17, 15) is 0 Å². The van der Waals surface area contributed by atoms with E-state index >= 15 is 0 Å². The zero-order chi connectivity index (χ0) is 14.9. The van der Waals surface area contributed by atoms with Crippen molar-refractivity contribution in [2.75, 3.05) is 24.5 Å². The van der Waals surface area contributed by atoms with Crippen molar-refractivity contribution >= 4 is 17.0 Å². The van der Waals surface area contributed by atoms with Crippen LogP contribution in [0.15, 0.2) is 12.7 Å². The maximum absolute atomic E-state index is 4.44. The van der Waals surface area contributed by atoms with E-state index in [0.29, 0.717) is 0 Å². The van der Waals surface area contributed by atoms with E-state index < -0.39 is 0 Å². The van der Waals surface area contributed by atoms with Gasteiger partial charge in [-0.3, -0.25) is 0 Å². The van der Waals surface area contributed by atoms with Gasteiger partial charge in [0, 0.05) is 18.6 Å². The molecule has 2 aromatic heterocycles. The highest BCUT2D eigenvalue weighted by molar-refractivity contribution is 5.82. The van der Waals surface area contributed by atoms with E-state index in [1.807, 2.05) is 0 Å². The van der Waals surface area contributed by atoms with Gasteiger partial charge in [-0.25, -0.2) is 15.0 Å². The molecule has 0 amide bonds. The molecule has 1 aliphatic heterocycles. The van der Waals surface area contributed by atoms with E-state index in [4.69, 9.17) is 0 Å². The fraction of sp³-hybridized carbons (Fsp3) is 0.667. The first-order chi connectivity index (χ1) is 10.0. The first kappa shape index (κ1) is 14.3. The maximum Gasteiger partial charge on any atom is 0.182 e. The third-order valence-electron chi connectivity index (χ3n) is 4.04. The Hall–Kier alpha value is -1.69. The van der Waals surface area contributed by atoms with Crippen LogP contribution in [0.25, 0.3) is 11.2 Å². The summed E-state index contributed by atoms with van der Waals surface area (Å²) >= 11 is 0. The maximum atomic E-state index is 4.44. The van der Waals surface area contributed by atoms with Crippen molar-refractivity contribution in [3.05, 3.63) is 12.7 Å². The second-order valence-corrected chi connectivity index (χ2v) is 6.86. The second kappa shape index (κ2) is 5.60. The molecule has 2 aromatic rings. The Morgan fingerprint density at radius 1 is 1.24 bits per heavy atom. The lowest BCUT2D eigenvalue weighted by Gasteiger charge is -2.34. The number of H-pyrrole nitrogens is 1. The fourth-order valence-corrected chi connectivity index (χ4v) is 2.79. The predicted molar refractivity (Wildman–Crippen MR) is 84.4 cm³/mol. The number of imidazole rings is 1. The molecule has 0 saturated carbocycles. The predicted octanol–water partition coefficient (Wildman–Crippen LogP) is 1.96. The minimum atomic E-state index is 0.200. The quantitative estimate of drug-likeness (QED) is 0.903. The molecular formula is C15H24N6. The van der Waals surface area contributed by atoms with Gasteiger partial charge in [0.1, 0.15) is 11.8 Å². The van der Waals surface area contributed by atoms with Crippen LogP contribution in [-0.4, -0.2) is 45.1 Å². The van der Waals surface area contributed by atoms with E-state index in [1.165, 1.54) is 12.8 Å². The number of nitrogens with zero attached hydrogens (tertiary/aromatic N) is 4. The highest BCUT2D eigenvalue weighted by atomic mass is 15.2. The van der Waals surface area contributed by atoms with E-state index in [0.717, 1.165) is 42.5 Å². The Morgan fingerprint density at radius 2 is 2.00 bits per heavy atom. The molecule has 3 heterocycles. The molecule has 0 aliphatic carbocycles. The van der Waals surface area contributed by atoms with Gasteiger partial charge < -0.3 is 15.2 Å². The third kappa shape index (κ3) is 3.32. The smallest absolute Gasteiger partial charge is 0.182 e. The van der Waals surface area contributed by atoms with Crippen molar-refractivity contribution in [3.8, 4) is 0 Å². The van der Waals surface area contributed by atoms with Crippen LogP contribution >= 0.6 is 0 Å². The standard InChI is InChI=1S/C15H24N6/c1-15(2,3)20-8-11-4-6-21(7-5-11)14-12-13(17-9-16-12)18-10-19-14/h9-11,20H,4-8H2,1-3H3,(H,16,17,18,19). The molecule has 0 atom stereocenters. The Morgan fingerprint density at radius 3 is 2.71 bits per heavy atom. The van der Waals surface area contributed by atoms with Crippen molar-refractivity contribution in [2.45, 2.75) is 39.2 Å². The summed E-state index contributed by atoms with van der Waals surface area (Å²) < 4.78 is 0. The molecule has 0 radical (unpaired) electrons. The van der Waals surface area contributed by atoms with Gasteiger partial charge in [-0.05, 0) is 46.1 Å². The van der Waals surface area contributed by atoms with Gasteiger partial charge in [0.25, 0.3) is 0 Å². The summed E-state index contributed by atoms with van der Waals surface area (Å²) in [6, 6.07) is 0. The molecule has 1 fully saturated rings. The van der Waals surface area contributed by atoms with E-state index in [2.05, 4.69) is 50.9 Å². The van der Waals surface area contributed by atoms with E-state index in [1.54, 1.807) is 12.7 Å². The first-order valence-electron chi connectivity index (χ1n) is 7.67. The zero-order valence-corrected chi connectivity index (χ0v) is 13.1. The van der Waals surface area contributed by atoms with Gasteiger partial charge in [0.05, 0.1) is 6.33 Å². The summed E-state index contributed by atoms with van der Waals surface area (Å²) in [6.45, 7) is 9.85. The SMILES string of the molecule is CC(C)(C)NCC1CCN(c2ncnc3nc[nH]c23)CC1. The Balaban J connectivity index is 1.62. The number of fused-ring (bicyclic) bond motifs is 1. The van der Waals surface area contributed by atoms with Crippen LogP contribution in [0.1, 0.15) is 33.6 Å². The summed E-state index contributed by atoms with van der Waals surface area (Å²) in [6.07, 6.45) is 5.68. The summed E-state index contributed by atoms with van der Waals surface area (Å²) in [5.74, 6) is 1.74. The van der Waals surface area contributed by atoms with Crippen molar-refractivity contribution < 1.29 is 0 Å². The number of aromatic nitrogens is 4. The lowest BCUT2D eigenvalue weighted by molar-refractivity contribution is 0.328. The van der Waals surface area contributed by atoms with Crippen LogP contribution in [0.5, 0.6) is 0 Å². The number of anilines is 1. The summed E-state index contributed by atoms with van der Waals surface area (Å²) in [5, 5.41) is 3.61. The average molecular weight is 288 g/mol. The summed E-state index contributed by atoms with van der Waals surface area (Å²) in [7, 11) is 0. The first-order valence-corrected chi connectivity index (χ1v) is 7.67.